The quantitative estimate of drug-likeness (QED) is 0.549. The first-order valence-electron chi connectivity index (χ1n) is 2.33. The molecule has 0 radical (unpaired) electrons. The fourth-order valence-corrected chi connectivity index (χ4v) is 0.937. The maximum absolute atomic E-state index is 10.6. The molecule has 0 aliphatic carbocycles. The summed E-state index contributed by atoms with van der Waals surface area (Å²) in [7, 11) is 1.35. The second kappa shape index (κ2) is 2.59. The predicted octanol–water partition coefficient (Wildman–Crippen LogP) is 0.930. The maximum Gasteiger partial charge on any atom is 0.349 e. The Bertz CT molecular complexity index is 195. The number of esters is 1. The number of ether oxygens (including phenoxy) is 1. The van der Waals surface area contributed by atoms with E-state index in [4.69, 9.17) is 0 Å². The van der Waals surface area contributed by atoms with E-state index in [2.05, 4.69) is 9.11 Å². The highest BCUT2D eigenvalue weighted by Crippen LogP contribution is 2.04. The van der Waals surface area contributed by atoms with Crippen LogP contribution >= 0.6 is 11.5 Å². The van der Waals surface area contributed by atoms with E-state index in [1.807, 2.05) is 0 Å². The third-order valence-corrected chi connectivity index (χ3v) is 1.55. The Morgan fingerprint density at radius 2 is 2.67 bits per heavy atom. The van der Waals surface area contributed by atoms with Crippen molar-refractivity contribution in [3.63, 3.8) is 0 Å². The Kier molecular flexibility index (Phi) is 1.79. The molecule has 0 fully saturated rings. The number of aromatic nitrogens is 1. The molecule has 0 bridgehead atoms. The molecule has 4 heteroatoms. The summed E-state index contributed by atoms with van der Waals surface area (Å²) in [6.45, 7) is 0. The van der Waals surface area contributed by atoms with Crippen molar-refractivity contribution in [3.05, 3.63) is 17.1 Å². The van der Waals surface area contributed by atoms with Crippen LogP contribution in [0.2, 0.25) is 0 Å². The van der Waals surface area contributed by atoms with Crippen LogP contribution < -0.4 is 0 Å². The maximum atomic E-state index is 10.6. The Morgan fingerprint density at radius 1 is 1.89 bits per heavy atom. The number of hydrogen-bond acceptors (Lipinski definition) is 4. The molecule has 0 N–H and O–H groups in total. The van der Waals surface area contributed by atoms with E-state index >= 15 is 0 Å². The topological polar surface area (TPSA) is 39.2 Å². The summed E-state index contributed by atoms with van der Waals surface area (Å²) in [5.41, 5.74) is 0. The van der Waals surface area contributed by atoms with Gasteiger partial charge in [-0.3, -0.25) is 0 Å². The van der Waals surface area contributed by atoms with Gasteiger partial charge in [-0.15, -0.1) is 0 Å². The highest BCUT2D eigenvalue weighted by molar-refractivity contribution is 7.07. The smallest absolute Gasteiger partial charge is 0.349 e. The first-order chi connectivity index (χ1) is 4.34. The second-order valence-corrected chi connectivity index (χ2v) is 2.20. The van der Waals surface area contributed by atoms with E-state index in [1.54, 1.807) is 12.3 Å². The number of nitrogens with zero attached hydrogens (tertiary/aromatic N) is 1. The molecule has 1 heterocycles. The van der Waals surface area contributed by atoms with Crippen LogP contribution in [0.3, 0.4) is 0 Å². The zero-order chi connectivity index (χ0) is 6.69. The molecule has 3 nitrogen and oxygen atoms in total. The van der Waals surface area contributed by atoms with Crippen molar-refractivity contribution in [3.8, 4) is 0 Å². The molecule has 0 aliphatic rings. The van der Waals surface area contributed by atoms with Crippen molar-refractivity contribution in [2.75, 3.05) is 7.11 Å². The number of methoxy groups -OCH3 is 1. The van der Waals surface area contributed by atoms with Gasteiger partial charge < -0.3 is 4.74 Å². The number of hydrogen-bond donors (Lipinski definition) is 0. The molecular formula is C5H5NO2S. The van der Waals surface area contributed by atoms with Crippen LogP contribution in [0.15, 0.2) is 12.3 Å². The highest BCUT2D eigenvalue weighted by atomic mass is 32.1. The molecule has 0 spiro atoms. The van der Waals surface area contributed by atoms with Crippen molar-refractivity contribution in [2.24, 2.45) is 0 Å². The highest BCUT2D eigenvalue weighted by Gasteiger charge is 2.04. The summed E-state index contributed by atoms with van der Waals surface area (Å²) in [4.78, 5) is 11.2. The molecule has 1 aromatic rings. The third kappa shape index (κ3) is 1.26. The monoisotopic (exact) mass is 143 g/mol. The zero-order valence-electron chi connectivity index (χ0n) is 4.83. The third-order valence-electron chi connectivity index (χ3n) is 0.824. The Hall–Kier alpha value is -0.900. The lowest BCUT2D eigenvalue weighted by Gasteiger charge is -1.89. The second-order valence-electron chi connectivity index (χ2n) is 1.37. The zero-order valence-corrected chi connectivity index (χ0v) is 5.64. The van der Waals surface area contributed by atoms with Gasteiger partial charge in [0.2, 0.25) is 0 Å². The van der Waals surface area contributed by atoms with Gasteiger partial charge in [-0.2, -0.15) is 0 Å². The normalized spacial score (nSPS) is 9.00. The van der Waals surface area contributed by atoms with Crippen LogP contribution in [0.25, 0.3) is 0 Å². The van der Waals surface area contributed by atoms with E-state index in [1.165, 1.54) is 7.11 Å². The Labute approximate surface area is 56.4 Å². The fraction of sp³-hybridized carbons (Fsp3) is 0.200. The molecule has 0 aromatic carbocycles. The molecule has 48 valence electrons. The van der Waals surface area contributed by atoms with Crippen molar-refractivity contribution < 1.29 is 9.53 Å². The van der Waals surface area contributed by atoms with Crippen molar-refractivity contribution in [2.45, 2.75) is 0 Å². The summed E-state index contributed by atoms with van der Waals surface area (Å²) in [5.74, 6) is -0.322. The average Bonchev–Trinajstić information content (AvgIpc) is 2.37. The van der Waals surface area contributed by atoms with E-state index in [0.717, 1.165) is 11.5 Å². The molecule has 0 aliphatic heterocycles. The van der Waals surface area contributed by atoms with Crippen LogP contribution in [-0.2, 0) is 4.74 Å². The van der Waals surface area contributed by atoms with E-state index in [0.29, 0.717) is 4.88 Å². The van der Waals surface area contributed by atoms with E-state index in [9.17, 15) is 4.79 Å². The van der Waals surface area contributed by atoms with Crippen LogP contribution in [-0.4, -0.2) is 17.5 Å². The van der Waals surface area contributed by atoms with Crippen LogP contribution in [0.4, 0.5) is 0 Å². The van der Waals surface area contributed by atoms with Crippen molar-refractivity contribution in [1.82, 2.24) is 4.37 Å². The van der Waals surface area contributed by atoms with Crippen molar-refractivity contribution in [1.29, 1.82) is 0 Å². The lowest BCUT2D eigenvalue weighted by molar-refractivity contribution is 0.0606. The molecule has 0 saturated heterocycles. The van der Waals surface area contributed by atoms with Gasteiger partial charge in [-0.05, 0) is 17.6 Å². The Morgan fingerprint density at radius 3 is 3.11 bits per heavy atom. The lowest BCUT2D eigenvalue weighted by atomic mass is 10.5. The van der Waals surface area contributed by atoms with Gasteiger partial charge in [0.1, 0.15) is 4.88 Å². The SMILES string of the molecule is COC(=O)c1ccns1. The van der Waals surface area contributed by atoms with Gasteiger partial charge >= 0.3 is 5.97 Å². The van der Waals surface area contributed by atoms with E-state index in [-0.39, 0.29) is 5.97 Å². The summed E-state index contributed by atoms with van der Waals surface area (Å²) >= 11 is 1.13. The average molecular weight is 143 g/mol. The molecule has 0 amide bonds. The van der Waals surface area contributed by atoms with Gasteiger partial charge in [-0.25, -0.2) is 9.17 Å². The number of carbonyl (C=O) groups is 1. The van der Waals surface area contributed by atoms with Crippen molar-refractivity contribution >= 4 is 17.5 Å². The Balaban J connectivity index is 2.77. The number of carbonyl (C=O) groups excluding carboxylic acids is 1. The summed E-state index contributed by atoms with van der Waals surface area (Å²) in [6, 6.07) is 1.62. The van der Waals surface area contributed by atoms with E-state index < -0.39 is 0 Å². The molecular weight excluding hydrogens is 138 g/mol. The molecule has 1 aromatic heterocycles. The first kappa shape index (κ1) is 6.22. The summed E-state index contributed by atoms with van der Waals surface area (Å²) < 4.78 is 8.16. The van der Waals surface area contributed by atoms with Crippen LogP contribution in [0, 0.1) is 0 Å². The van der Waals surface area contributed by atoms with Gasteiger partial charge in [-0.1, -0.05) is 0 Å². The minimum atomic E-state index is -0.322. The largest absolute Gasteiger partial charge is 0.465 e. The van der Waals surface area contributed by atoms with Gasteiger partial charge in [0.15, 0.2) is 0 Å². The molecule has 0 unspecified atom stereocenters. The minimum absolute atomic E-state index is 0.322. The van der Waals surface area contributed by atoms with Gasteiger partial charge in [0.25, 0.3) is 0 Å². The lowest BCUT2D eigenvalue weighted by Crippen LogP contribution is -1.96. The van der Waals surface area contributed by atoms with Gasteiger partial charge in [0.05, 0.1) is 7.11 Å². The summed E-state index contributed by atoms with van der Waals surface area (Å²) in [6.07, 6.45) is 1.57. The van der Waals surface area contributed by atoms with Crippen LogP contribution in [0.5, 0.6) is 0 Å². The first-order valence-corrected chi connectivity index (χ1v) is 3.11. The predicted molar refractivity (Wildman–Crippen MR) is 33.5 cm³/mol. The molecule has 0 saturated carbocycles. The molecule has 1 rings (SSSR count). The molecule has 0 atom stereocenters. The van der Waals surface area contributed by atoms with Crippen LogP contribution in [0.1, 0.15) is 9.67 Å². The van der Waals surface area contributed by atoms with Gasteiger partial charge in [0, 0.05) is 6.20 Å². The standard InChI is InChI=1S/C5H5NO2S/c1-8-5(7)4-2-3-6-9-4/h2-3H,1H3. The fourth-order valence-electron chi connectivity index (χ4n) is 0.422. The molecule has 9 heavy (non-hydrogen) atoms. The minimum Gasteiger partial charge on any atom is -0.465 e. The number of rotatable bonds is 1. The summed E-state index contributed by atoms with van der Waals surface area (Å²) in [5, 5.41) is 0.